The lowest BCUT2D eigenvalue weighted by molar-refractivity contribution is -0.121. The van der Waals surface area contributed by atoms with E-state index < -0.39 is 6.04 Å². The molecule has 2 aliphatic heterocycles. The summed E-state index contributed by atoms with van der Waals surface area (Å²) in [6.45, 7) is 5.94. The lowest BCUT2D eigenvalue weighted by atomic mass is 10.2. The zero-order valence-corrected chi connectivity index (χ0v) is 16.7. The number of nitrogens with zero attached hydrogens (tertiary/aromatic N) is 3. The first-order valence-corrected chi connectivity index (χ1v) is 10.4. The fraction of sp³-hybridized carbons (Fsp3) is 0.391. The molecule has 1 atom stereocenters. The van der Waals surface area contributed by atoms with Gasteiger partial charge >= 0.3 is 0 Å². The Balaban J connectivity index is 1.18. The number of nitrogens with one attached hydrogen (secondary N) is 1. The van der Waals surface area contributed by atoms with Crippen LogP contribution in [0.2, 0.25) is 0 Å². The van der Waals surface area contributed by atoms with Gasteiger partial charge in [-0.2, -0.15) is 0 Å². The monoisotopic (exact) mass is 392 g/mol. The molecule has 6 nitrogen and oxygen atoms in total. The van der Waals surface area contributed by atoms with Crippen molar-refractivity contribution in [2.45, 2.75) is 18.9 Å². The van der Waals surface area contributed by atoms with Crippen LogP contribution >= 0.6 is 0 Å². The Morgan fingerprint density at radius 3 is 2.10 bits per heavy atom. The van der Waals surface area contributed by atoms with Gasteiger partial charge in [-0.15, -0.1) is 0 Å². The highest BCUT2D eigenvalue weighted by Gasteiger charge is 2.39. The molecule has 1 unspecified atom stereocenters. The smallest absolute Gasteiger partial charge is 0.251 e. The molecule has 2 aromatic rings. The topological polar surface area (TPSA) is 55.9 Å². The van der Waals surface area contributed by atoms with Gasteiger partial charge in [0.1, 0.15) is 0 Å². The third kappa shape index (κ3) is 4.66. The molecule has 0 aromatic heterocycles. The van der Waals surface area contributed by atoms with Crippen molar-refractivity contribution in [1.82, 2.24) is 10.2 Å². The molecule has 152 valence electrons. The predicted octanol–water partition coefficient (Wildman–Crippen LogP) is 2.12. The second-order valence-electron chi connectivity index (χ2n) is 7.63. The number of amides is 2. The molecule has 2 aliphatic rings. The van der Waals surface area contributed by atoms with E-state index in [0.29, 0.717) is 5.69 Å². The zero-order chi connectivity index (χ0) is 20.1. The van der Waals surface area contributed by atoms with Crippen LogP contribution in [-0.4, -0.2) is 62.0 Å². The summed E-state index contributed by atoms with van der Waals surface area (Å²) in [5.41, 5.74) is 1.95. The molecule has 0 bridgehead atoms. The van der Waals surface area contributed by atoms with E-state index in [-0.39, 0.29) is 18.2 Å². The summed E-state index contributed by atoms with van der Waals surface area (Å²) in [4.78, 5) is 31.1. The molecule has 2 amide bonds. The van der Waals surface area contributed by atoms with Crippen LogP contribution in [-0.2, 0) is 9.59 Å². The Morgan fingerprint density at radius 2 is 1.45 bits per heavy atom. The second kappa shape index (κ2) is 9.20. The highest BCUT2D eigenvalue weighted by molar-refractivity contribution is 6.22. The van der Waals surface area contributed by atoms with Crippen molar-refractivity contribution in [1.29, 1.82) is 0 Å². The quantitative estimate of drug-likeness (QED) is 0.578. The van der Waals surface area contributed by atoms with Crippen molar-refractivity contribution < 1.29 is 9.59 Å². The van der Waals surface area contributed by atoms with E-state index in [4.69, 9.17) is 0 Å². The first-order valence-electron chi connectivity index (χ1n) is 10.4. The number of piperazine rings is 1. The van der Waals surface area contributed by atoms with Gasteiger partial charge in [-0.05, 0) is 43.8 Å². The minimum absolute atomic E-state index is 0.129. The maximum atomic E-state index is 12.6. The largest absolute Gasteiger partial charge is 0.369 e. The summed E-state index contributed by atoms with van der Waals surface area (Å²) in [7, 11) is 0. The second-order valence-corrected chi connectivity index (χ2v) is 7.63. The van der Waals surface area contributed by atoms with Crippen LogP contribution in [0.15, 0.2) is 60.7 Å². The van der Waals surface area contributed by atoms with Crippen molar-refractivity contribution >= 4 is 23.2 Å². The highest BCUT2D eigenvalue weighted by Crippen LogP contribution is 2.22. The van der Waals surface area contributed by atoms with Crippen LogP contribution in [0.4, 0.5) is 11.4 Å². The van der Waals surface area contributed by atoms with Crippen molar-refractivity contribution in [2.75, 3.05) is 49.1 Å². The van der Waals surface area contributed by atoms with Gasteiger partial charge < -0.3 is 10.2 Å². The molecule has 0 aliphatic carbocycles. The van der Waals surface area contributed by atoms with Crippen molar-refractivity contribution in [2.24, 2.45) is 0 Å². The molecular weight excluding hydrogens is 364 g/mol. The van der Waals surface area contributed by atoms with E-state index >= 15 is 0 Å². The number of para-hydroxylation sites is 2. The lowest BCUT2D eigenvalue weighted by Gasteiger charge is -2.36. The molecule has 29 heavy (non-hydrogen) atoms. The molecule has 2 saturated heterocycles. The maximum Gasteiger partial charge on any atom is 0.251 e. The molecular formula is C23H28N4O2. The maximum absolute atomic E-state index is 12.6. The first kappa shape index (κ1) is 19.6. The summed E-state index contributed by atoms with van der Waals surface area (Å²) in [5, 5.41) is 3.29. The third-order valence-corrected chi connectivity index (χ3v) is 5.70. The number of hydrogen-bond donors (Lipinski definition) is 1. The van der Waals surface area contributed by atoms with Gasteiger partial charge in [0.05, 0.1) is 18.2 Å². The van der Waals surface area contributed by atoms with Gasteiger partial charge in [-0.25, -0.2) is 4.90 Å². The fourth-order valence-electron chi connectivity index (χ4n) is 4.09. The summed E-state index contributed by atoms with van der Waals surface area (Å²) < 4.78 is 0. The van der Waals surface area contributed by atoms with Crippen molar-refractivity contribution in [3.05, 3.63) is 60.7 Å². The van der Waals surface area contributed by atoms with Crippen LogP contribution < -0.4 is 15.1 Å². The van der Waals surface area contributed by atoms with Gasteiger partial charge in [0.25, 0.3) is 5.91 Å². The van der Waals surface area contributed by atoms with E-state index in [1.54, 1.807) is 12.1 Å². The van der Waals surface area contributed by atoms with E-state index in [1.807, 2.05) is 18.2 Å². The average Bonchev–Trinajstić information content (AvgIpc) is 3.06. The minimum atomic E-state index is -0.405. The number of carbonyl (C=O) groups excluding carboxylic acids is 2. The highest BCUT2D eigenvalue weighted by atomic mass is 16.2. The van der Waals surface area contributed by atoms with Gasteiger partial charge in [-0.3, -0.25) is 14.5 Å². The Labute approximate surface area is 172 Å². The van der Waals surface area contributed by atoms with Gasteiger partial charge in [0.2, 0.25) is 5.91 Å². The Hall–Kier alpha value is -2.70. The summed E-state index contributed by atoms with van der Waals surface area (Å²) in [5.74, 6) is -0.270. The number of rotatable bonds is 7. The van der Waals surface area contributed by atoms with Crippen LogP contribution in [0.3, 0.4) is 0 Å². The average molecular weight is 393 g/mol. The number of hydrogen-bond acceptors (Lipinski definition) is 5. The van der Waals surface area contributed by atoms with Gasteiger partial charge in [0, 0.05) is 31.9 Å². The number of imide groups is 1. The fourth-order valence-corrected chi connectivity index (χ4v) is 4.09. The summed E-state index contributed by atoms with van der Waals surface area (Å²) in [6.07, 6.45) is 1.21. The van der Waals surface area contributed by atoms with E-state index in [0.717, 1.165) is 45.7 Å². The number of anilines is 2. The molecule has 2 fully saturated rings. The Kier molecular flexibility index (Phi) is 6.22. The number of carbonyl (C=O) groups is 2. The van der Waals surface area contributed by atoms with Crippen LogP contribution in [0.25, 0.3) is 0 Å². The SMILES string of the molecule is O=C1CC(NCCCN2CCN(c3ccccc3)CC2)C(=O)N1c1ccccc1. The van der Waals surface area contributed by atoms with Crippen LogP contribution in [0, 0.1) is 0 Å². The minimum Gasteiger partial charge on any atom is -0.369 e. The molecule has 0 radical (unpaired) electrons. The molecule has 0 saturated carbocycles. The van der Waals surface area contributed by atoms with Crippen molar-refractivity contribution in [3.8, 4) is 0 Å². The third-order valence-electron chi connectivity index (χ3n) is 5.70. The van der Waals surface area contributed by atoms with Gasteiger partial charge in [0.15, 0.2) is 0 Å². The molecule has 1 N–H and O–H groups in total. The molecule has 6 heteroatoms. The molecule has 4 rings (SSSR count). The van der Waals surface area contributed by atoms with Gasteiger partial charge in [-0.1, -0.05) is 36.4 Å². The van der Waals surface area contributed by atoms with E-state index in [1.165, 1.54) is 10.6 Å². The molecule has 2 aromatic carbocycles. The Bertz CT molecular complexity index is 819. The van der Waals surface area contributed by atoms with Crippen molar-refractivity contribution in [3.63, 3.8) is 0 Å². The summed E-state index contributed by atoms with van der Waals surface area (Å²) >= 11 is 0. The molecule has 0 spiro atoms. The first-order chi connectivity index (χ1) is 14.2. The summed E-state index contributed by atoms with van der Waals surface area (Å²) in [6, 6.07) is 19.3. The predicted molar refractivity (Wildman–Crippen MR) is 115 cm³/mol. The van der Waals surface area contributed by atoms with E-state index in [9.17, 15) is 9.59 Å². The Morgan fingerprint density at radius 1 is 0.828 bits per heavy atom. The zero-order valence-electron chi connectivity index (χ0n) is 16.7. The standard InChI is InChI=1S/C23H28N4O2/c28-22-18-21(23(29)27(22)20-10-5-2-6-11-20)24-12-7-13-25-14-16-26(17-15-25)19-8-3-1-4-9-19/h1-6,8-11,21,24H,7,12-18H2. The number of benzene rings is 2. The van der Waals surface area contributed by atoms with Crippen LogP contribution in [0.1, 0.15) is 12.8 Å². The molecule has 2 heterocycles. The van der Waals surface area contributed by atoms with Crippen LogP contribution in [0.5, 0.6) is 0 Å². The normalized spacial score (nSPS) is 20.5. The lowest BCUT2D eigenvalue weighted by Crippen LogP contribution is -2.47. The van der Waals surface area contributed by atoms with E-state index in [2.05, 4.69) is 45.4 Å².